The van der Waals surface area contributed by atoms with E-state index in [1.54, 1.807) is 0 Å². The van der Waals surface area contributed by atoms with Gasteiger partial charge in [-0.15, -0.1) is 0 Å². The van der Waals surface area contributed by atoms with Crippen LogP contribution in [0.5, 0.6) is 0 Å². The topological polar surface area (TPSA) is 58.6 Å². The maximum atomic E-state index is 12.9. The highest BCUT2D eigenvalue weighted by molar-refractivity contribution is 5.82. The molecular weight excluding hydrogens is 304 g/mol. The van der Waals surface area contributed by atoms with E-state index in [9.17, 15) is 9.59 Å². The number of nitrogens with zero attached hydrogens (tertiary/aromatic N) is 1. The Morgan fingerprint density at radius 2 is 1.38 bits per heavy atom. The van der Waals surface area contributed by atoms with Crippen molar-refractivity contribution < 1.29 is 14.3 Å². The molecule has 0 spiro atoms. The van der Waals surface area contributed by atoms with Gasteiger partial charge >= 0.3 is 6.09 Å². The summed E-state index contributed by atoms with van der Waals surface area (Å²) >= 11 is 0. The van der Waals surface area contributed by atoms with Gasteiger partial charge in [-0.1, -0.05) is 38.5 Å². The third-order valence-electron chi connectivity index (χ3n) is 5.01. The average Bonchev–Trinajstić information content (AvgIpc) is 2.54. The maximum Gasteiger partial charge on any atom is 0.408 e. The molecule has 0 aliphatic heterocycles. The normalized spacial score (nSPS) is 20.5. The van der Waals surface area contributed by atoms with Gasteiger partial charge in [0.25, 0.3) is 0 Å². The molecule has 2 saturated carbocycles. The van der Waals surface area contributed by atoms with Crippen LogP contribution in [0.1, 0.15) is 85.0 Å². The predicted octanol–water partition coefficient (Wildman–Crippen LogP) is 4.01. The third kappa shape index (κ3) is 5.99. The fourth-order valence-corrected chi connectivity index (χ4v) is 3.98. The van der Waals surface area contributed by atoms with Crippen LogP contribution in [0, 0.1) is 0 Å². The quantitative estimate of drug-likeness (QED) is 0.842. The SMILES string of the molecule is CC(C)(C)OC(=O)NCC(=O)N(C1CCCCC1)C1CCCCC1. The van der Waals surface area contributed by atoms with Crippen LogP contribution in [0.25, 0.3) is 0 Å². The van der Waals surface area contributed by atoms with Crippen molar-refractivity contribution in [3.63, 3.8) is 0 Å². The van der Waals surface area contributed by atoms with E-state index in [0.717, 1.165) is 25.7 Å². The van der Waals surface area contributed by atoms with Gasteiger partial charge in [0.15, 0.2) is 0 Å². The summed E-state index contributed by atoms with van der Waals surface area (Å²) in [5.41, 5.74) is -0.542. The van der Waals surface area contributed by atoms with Gasteiger partial charge in [0.2, 0.25) is 5.91 Å². The lowest BCUT2D eigenvalue weighted by atomic mass is 9.88. The number of hydrogen-bond acceptors (Lipinski definition) is 3. The second-order valence-electron chi connectivity index (χ2n) is 8.24. The Morgan fingerprint density at radius 1 is 0.917 bits per heavy atom. The lowest BCUT2D eigenvalue weighted by Crippen LogP contribution is -2.52. The van der Waals surface area contributed by atoms with Crippen LogP contribution < -0.4 is 5.32 Å². The Labute approximate surface area is 146 Å². The lowest BCUT2D eigenvalue weighted by molar-refractivity contribution is -0.137. The van der Waals surface area contributed by atoms with Gasteiger partial charge in [0, 0.05) is 12.1 Å². The van der Waals surface area contributed by atoms with Crippen LogP contribution in [-0.4, -0.2) is 41.1 Å². The van der Waals surface area contributed by atoms with E-state index in [0.29, 0.717) is 12.1 Å². The van der Waals surface area contributed by atoms with Crippen molar-refractivity contribution in [2.24, 2.45) is 0 Å². The van der Waals surface area contributed by atoms with Crippen molar-refractivity contribution in [1.29, 1.82) is 0 Å². The molecular formula is C19H34N2O3. The zero-order valence-electron chi connectivity index (χ0n) is 15.6. The second kappa shape index (κ2) is 8.72. The third-order valence-corrected chi connectivity index (χ3v) is 5.01. The van der Waals surface area contributed by atoms with E-state index in [1.807, 2.05) is 20.8 Å². The number of carbonyl (C=O) groups is 2. The first-order valence-electron chi connectivity index (χ1n) is 9.65. The highest BCUT2D eigenvalue weighted by Gasteiger charge is 2.32. The standard InChI is InChI=1S/C19H34N2O3/c1-19(2,3)24-18(23)20-14-17(22)21(15-10-6-4-7-11-15)16-12-8-5-9-13-16/h15-16H,4-14H2,1-3H3,(H,20,23). The van der Waals surface area contributed by atoms with Crippen molar-refractivity contribution in [3.8, 4) is 0 Å². The molecule has 5 nitrogen and oxygen atoms in total. The minimum absolute atomic E-state index is 0.0436. The Morgan fingerprint density at radius 3 is 1.79 bits per heavy atom. The molecule has 2 rings (SSSR count). The fraction of sp³-hybridized carbons (Fsp3) is 0.895. The molecule has 0 unspecified atom stereocenters. The van der Waals surface area contributed by atoms with E-state index < -0.39 is 11.7 Å². The summed E-state index contributed by atoms with van der Waals surface area (Å²) in [5.74, 6) is 0.0552. The van der Waals surface area contributed by atoms with Gasteiger partial charge in [-0.3, -0.25) is 4.79 Å². The Balaban J connectivity index is 1.94. The van der Waals surface area contributed by atoms with Crippen molar-refractivity contribution in [1.82, 2.24) is 10.2 Å². The first kappa shape index (κ1) is 19.1. The molecule has 5 heteroatoms. The first-order chi connectivity index (χ1) is 11.4. The van der Waals surface area contributed by atoms with E-state index in [1.165, 1.54) is 38.5 Å². The Kier molecular flexibility index (Phi) is 6.93. The molecule has 0 saturated heterocycles. The van der Waals surface area contributed by atoms with E-state index in [-0.39, 0.29) is 12.5 Å². The molecule has 2 amide bonds. The minimum atomic E-state index is -0.542. The van der Waals surface area contributed by atoms with Crippen LogP contribution in [0.15, 0.2) is 0 Å². The van der Waals surface area contributed by atoms with Gasteiger partial charge in [-0.25, -0.2) is 4.79 Å². The molecule has 0 aromatic rings. The molecule has 138 valence electrons. The molecule has 0 radical (unpaired) electrons. The van der Waals surface area contributed by atoms with Gasteiger partial charge in [0.1, 0.15) is 12.1 Å². The summed E-state index contributed by atoms with van der Waals surface area (Å²) in [7, 11) is 0. The van der Waals surface area contributed by atoms with Crippen LogP contribution >= 0.6 is 0 Å². The molecule has 2 fully saturated rings. The Bertz CT molecular complexity index is 401. The predicted molar refractivity (Wildman–Crippen MR) is 94.8 cm³/mol. The van der Waals surface area contributed by atoms with Gasteiger partial charge in [-0.2, -0.15) is 0 Å². The molecule has 0 heterocycles. The Hall–Kier alpha value is -1.26. The van der Waals surface area contributed by atoms with Gasteiger partial charge in [0.05, 0.1) is 0 Å². The number of rotatable bonds is 4. The van der Waals surface area contributed by atoms with Gasteiger partial charge < -0.3 is 15.0 Å². The summed E-state index contributed by atoms with van der Waals surface area (Å²) in [5, 5.41) is 2.65. The lowest BCUT2D eigenvalue weighted by Gasteiger charge is -2.41. The van der Waals surface area contributed by atoms with Crippen LogP contribution in [0.2, 0.25) is 0 Å². The maximum absolute atomic E-state index is 12.9. The largest absolute Gasteiger partial charge is 0.444 e. The monoisotopic (exact) mass is 338 g/mol. The fourth-order valence-electron chi connectivity index (χ4n) is 3.98. The molecule has 2 aliphatic rings. The zero-order valence-corrected chi connectivity index (χ0v) is 15.6. The number of nitrogens with one attached hydrogen (secondary N) is 1. The summed E-state index contributed by atoms with van der Waals surface area (Å²) in [6, 6.07) is 0.713. The van der Waals surface area contributed by atoms with Crippen LogP contribution in [0.3, 0.4) is 0 Å². The number of amides is 2. The molecule has 0 bridgehead atoms. The number of hydrogen-bond donors (Lipinski definition) is 1. The molecule has 24 heavy (non-hydrogen) atoms. The van der Waals surface area contributed by atoms with Crippen LogP contribution in [-0.2, 0) is 9.53 Å². The van der Waals surface area contributed by atoms with Crippen LogP contribution in [0.4, 0.5) is 4.79 Å². The van der Waals surface area contributed by atoms with Crippen molar-refractivity contribution >= 4 is 12.0 Å². The summed E-state index contributed by atoms with van der Waals surface area (Å²) in [6.45, 7) is 5.52. The minimum Gasteiger partial charge on any atom is -0.444 e. The molecule has 2 aliphatic carbocycles. The highest BCUT2D eigenvalue weighted by Crippen LogP contribution is 2.30. The van der Waals surface area contributed by atoms with E-state index in [2.05, 4.69) is 10.2 Å². The van der Waals surface area contributed by atoms with Crippen molar-refractivity contribution in [2.75, 3.05) is 6.54 Å². The number of ether oxygens (including phenoxy) is 1. The summed E-state index contributed by atoms with van der Waals surface area (Å²) in [4.78, 5) is 26.8. The summed E-state index contributed by atoms with van der Waals surface area (Å²) < 4.78 is 5.24. The smallest absolute Gasteiger partial charge is 0.408 e. The van der Waals surface area contributed by atoms with E-state index >= 15 is 0 Å². The second-order valence-corrected chi connectivity index (χ2v) is 8.24. The zero-order chi connectivity index (χ0) is 17.6. The highest BCUT2D eigenvalue weighted by atomic mass is 16.6. The summed E-state index contributed by atoms with van der Waals surface area (Å²) in [6.07, 6.45) is 11.3. The van der Waals surface area contributed by atoms with E-state index in [4.69, 9.17) is 4.74 Å². The van der Waals surface area contributed by atoms with Crippen molar-refractivity contribution in [2.45, 2.75) is 103 Å². The molecule has 0 aromatic carbocycles. The average molecular weight is 338 g/mol. The van der Waals surface area contributed by atoms with Gasteiger partial charge in [-0.05, 0) is 46.5 Å². The van der Waals surface area contributed by atoms with Crippen molar-refractivity contribution in [3.05, 3.63) is 0 Å². The molecule has 0 atom stereocenters. The number of alkyl carbamates (subject to hydrolysis) is 1. The molecule has 1 N–H and O–H groups in total. The first-order valence-corrected chi connectivity index (χ1v) is 9.65. The number of carbonyl (C=O) groups excluding carboxylic acids is 2. The molecule has 0 aromatic heterocycles.